The molecular formula is C8H9N3O4. The lowest BCUT2D eigenvalue weighted by molar-refractivity contribution is -0.141. The van der Waals surface area contributed by atoms with Gasteiger partial charge < -0.3 is 10.8 Å². The number of hydrogen-bond donors (Lipinski definition) is 3. The molecule has 0 fully saturated rings. The Morgan fingerprint density at radius 3 is 2.93 bits per heavy atom. The van der Waals surface area contributed by atoms with Crippen LogP contribution in [0.2, 0.25) is 0 Å². The van der Waals surface area contributed by atoms with Crippen molar-refractivity contribution >= 4 is 17.7 Å². The third kappa shape index (κ3) is 3.61. The van der Waals surface area contributed by atoms with E-state index < -0.39 is 18.5 Å². The molecule has 0 bridgehead atoms. The monoisotopic (exact) mass is 211 g/mol. The predicted octanol–water partition coefficient (Wildman–Crippen LogP) is -0.391. The second-order valence-electron chi connectivity index (χ2n) is 2.58. The molecule has 1 rings (SSSR count). The van der Waals surface area contributed by atoms with Gasteiger partial charge in [0.2, 0.25) is 5.91 Å². The van der Waals surface area contributed by atoms with Crippen molar-refractivity contribution in [2.24, 2.45) is 5.73 Å². The first-order valence-corrected chi connectivity index (χ1v) is 3.95. The van der Waals surface area contributed by atoms with E-state index in [9.17, 15) is 9.59 Å². The van der Waals surface area contributed by atoms with E-state index in [-0.39, 0.29) is 11.4 Å². The van der Waals surface area contributed by atoms with Crippen LogP contribution in [0.3, 0.4) is 0 Å². The molecule has 0 aromatic carbocycles. The molecule has 1 aromatic rings. The molecule has 7 heteroatoms. The minimum Gasteiger partial charge on any atom is -0.479 e. The number of rotatable bonds is 5. The molecular weight excluding hydrogens is 202 g/mol. The fourth-order valence-corrected chi connectivity index (χ4v) is 0.811. The van der Waals surface area contributed by atoms with E-state index in [4.69, 9.17) is 10.8 Å². The van der Waals surface area contributed by atoms with Gasteiger partial charge in [0.25, 0.3) is 0 Å². The van der Waals surface area contributed by atoms with Crippen molar-refractivity contribution in [3.63, 3.8) is 0 Å². The molecule has 0 aliphatic rings. The van der Waals surface area contributed by atoms with E-state index in [1.54, 1.807) is 0 Å². The quantitative estimate of drug-likeness (QED) is 0.571. The number of primary amides is 1. The summed E-state index contributed by atoms with van der Waals surface area (Å²) in [7, 11) is 0. The van der Waals surface area contributed by atoms with Gasteiger partial charge in [-0.3, -0.25) is 9.63 Å². The summed E-state index contributed by atoms with van der Waals surface area (Å²) in [4.78, 5) is 29.2. The zero-order valence-corrected chi connectivity index (χ0v) is 7.64. The third-order valence-electron chi connectivity index (χ3n) is 1.42. The standard InChI is InChI=1S/C8H9N3O4/c9-8(14)5-1-2-10-6(3-5)11-15-4-7(12)13/h1-3H,4H2,(H2,9,14)(H,10,11)(H,12,13). The smallest absolute Gasteiger partial charge is 0.332 e. The van der Waals surface area contributed by atoms with Crippen molar-refractivity contribution in [1.29, 1.82) is 0 Å². The summed E-state index contributed by atoms with van der Waals surface area (Å²) in [5.41, 5.74) is 7.56. The Balaban J connectivity index is 2.58. The fourth-order valence-electron chi connectivity index (χ4n) is 0.811. The van der Waals surface area contributed by atoms with Gasteiger partial charge in [-0.2, -0.15) is 0 Å². The minimum atomic E-state index is -1.12. The minimum absolute atomic E-state index is 0.215. The Bertz CT molecular complexity index is 380. The molecule has 0 radical (unpaired) electrons. The molecule has 15 heavy (non-hydrogen) atoms. The fraction of sp³-hybridized carbons (Fsp3) is 0.125. The summed E-state index contributed by atoms with van der Waals surface area (Å²) in [6, 6.07) is 2.79. The van der Waals surface area contributed by atoms with Gasteiger partial charge in [-0.25, -0.2) is 15.3 Å². The molecule has 0 atom stereocenters. The van der Waals surface area contributed by atoms with Crippen LogP contribution in [0.15, 0.2) is 18.3 Å². The van der Waals surface area contributed by atoms with Crippen LogP contribution in [0, 0.1) is 0 Å². The first-order chi connectivity index (χ1) is 7.09. The van der Waals surface area contributed by atoms with E-state index in [2.05, 4.69) is 15.3 Å². The number of amides is 1. The molecule has 7 nitrogen and oxygen atoms in total. The molecule has 0 saturated carbocycles. The second kappa shape index (κ2) is 4.91. The molecule has 0 unspecified atom stereocenters. The predicted molar refractivity (Wildman–Crippen MR) is 50.0 cm³/mol. The molecule has 1 amide bonds. The van der Waals surface area contributed by atoms with E-state index in [1.165, 1.54) is 18.3 Å². The first kappa shape index (κ1) is 10.9. The van der Waals surface area contributed by atoms with E-state index >= 15 is 0 Å². The van der Waals surface area contributed by atoms with Crippen molar-refractivity contribution < 1.29 is 19.5 Å². The number of aliphatic carboxylic acids is 1. The largest absolute Gasteiger partial charge is 0.479 e. The Kier molecular flexibility index (Phi) is 3.58. The van der Waals surface area contributed by atoms with Gasteiger partial charge in [0.05, 0.1) is 0 Å². The van der Waals surface area contributed by atoms with Crippen molar-refractivity contribution in [1.82, 2.24) is 4.98 Å². The zero-order chi connectivity index (χ0) is 11.3. The topological polar surface area (TPSA) is 115 Å². The Labute approximate surface area is 84.8 Å². The number of carboxylic acid groups (broad SMARTS) is 1. The van der Waals surface area contributed by atoms with Crippen LogP contribution in [-0.2, 0) is 9.63 Å². The van der Waals surface area contributed by atoms with Gasteiger partial charge in [0.15, 0.2) is 6.61 Å². The normalized spacial score (nSPS) is 9.60. The number of nitrogens with zero attached hydrogens (tertiary/aromatic N) is 1. The van der Waals surface area contributed by atoms with Crippen LogP contribution in [0.1, 0.15) is 10.4 Å². The summed E-state index contributed by atoms with van der Waals surface area (Å²) in [6.45, 7) is -0.511. The Morgan fingerprint density at radius 2 is 2.33 bits per heavy atom. The number of carbonyl (C=O) groups is 2. The molecule has 1 heterocycles. The highest BCUT2D eigenvalue weighted by Crippen LogP contribution is 2.05. The molecule has 0 spiro atoms. The van der Waals surface area contributed by atoms with Gasteiger partial charge in [-0.15, -0.1) is 0 Å². The average Bonchev–Trinajstić information content (AvgIpc) is 2.17. The van der Waals surface area contributed by atoms with Crippen LogP contribution < -0.4 is 11.2 Å². The van der Waals surface area contributed by atoms with Crippen LogP contribution in [-0.4, -0.2) is 28.6 Å². The molecule has 0 saturated heterocycles. The lowest BCUT2D eigenvalue weighted by Crippen LogP contribution is -2.14. The first-order valence-electron chi connectivity index (χ1n) is 3.95. The summed E-state index contributed by atoms with van der Waals surface area (Å²) in [5, 5.41) is 8.27. The number of hydrogen-bond acceptors (Lipinski definition) is 5. The SMILES string of the molecule is NC(=O)c1ccnc(NOCC(=O)O)c1. The van der Waals surface area contributed by atoms with Crippen LogP contribution >= 0.6 is 0 Å². The highest BCUT2D eigenvalue weighted by atomic mass is 16.7. The number of carbonyl (C=O) groups excluding carboxylic acids is 1. The van der Waals surface area contributed by atoms with E-state index in [1.807, 2.05) is 0 Å². The van der Waals surface area contributed by atoms with Crippen molar-refractivity contribution in [3.8, 4) is 0 Å². The summed E-state index contributed by atoms with van der Waals surface area (Å²) in [5.74, 6) is -1.50. The summed E-state index contributed by atoms with van der Waals surface area (Å²) in [6.07, 6.45) is 1.35. The highest BCUT2D eigenvalue weighted by molar-refractivity contribution is 5.93. The maximum Gasteiger partial charge on any atom is 0.332 e. The van der Waals surface area contributed by atoms with Crippen LogP contribution in [0.25, 0.3) is 0 Å². The molecule has 1 aromatic heterocycles. The van der Waals surface area contributed by atoms with E-state index in [0.29, 0.717) is 0 Å². The number of carboxylic acids is 1. The lowest BCUT2D eigenvalue weighted by atomic mass is 10.2. The van der Waals surface area contributed by atoms with Gasteiger partial charge in [0, 0.05) is 11.8 Å². The molecule has 4 N–H and O–H groups in total. The van der Waals surface area contributed by atoms with Gasteiger partial charge >= 0.3 is 5.97 Å². The van der Waals surface area contributed by atoms with Gasteiger partial charge in [-0.05, 0) is 12.1 Å². The van der Waals surface area contributed by atoms with Crippen molar-refractivity contribution in [2.75, 3.05) is 12.1 Å². The van der Waals surface area contributed by atoms with Crippen molar-refractivity contribution in [2.45, 2.75) is 0 Å². The van der Waals surface area contributed by atoms with Gasteiger partial charge in [-0.1, -0.05) is 0 Å². The number of pyridine rings is 1. The highest BCUT2D eigenvalue weighted by Gasteiger charge is 2.02. The van der Waals surface area contributed by atoms with Crippen LogP contribution in [0.4, 0.5) is 5.82 Å². The summed E-state index contributed by atoms with van der Waals surface area (Å²) < 4.78 is 0. The number of nitrogens with two attached hydrogens (primary N) is 1. The van der Waals surface area contributed by atoms with Crippen molar-refractivity contribution in [3.05, 3.63) is 23.9 Å². The third-order valence-corrected chi connectivity index (χ3v) is 1.42. The molecule has 80 valence electrons. The van der Waals surface area contributed by atoms with Crippen LogP contribution in [0.5, 0.6) is 0 Å². The lowest BCUT2D eigenvalue weighted by Gasteiger charge is -2.04. The maximum absolute atomic E-state index is 10.8. The number of aromatic nitrogens is 1. The molecule has 0 aliphatic heterocycles. The number of nitrogens with one attached hydrogen (secondary N) is 1. The Morgan fingerprint density at radius 1 is 1.60 bits per heavy atom. The number of anilines is 1. The van der Waals surface area contributed by atoms with Gasteiger partial charge in [0.1, 0.15) is 5.82 Å². The summed E-state index contributed by atoms with van der Waals surface area (Å²) >= 11 is 0. The Hall–Kier alpha value is -2.15. The second-order valence-corrected chi connectivity index (χ2v) is 2.58. The molecule has 0 aliphatic carbocycles. The zero-order valence-electron chi connectivity index (χ0n) is 7.64. The average molecular weight is 211 g/mol. The van der Waals surface area contributed by atoms with E-state index in [0.717, 1.165) is 0 Å². The maximum atomic E-state index is 10.8.